The predicted molar refractivity (Wildman–Crippen MR) is 102 cm³/mol. The van der Waals surface area contributed by atoms with Gasteiger partial charge in [-0.25, -0.2) is 4.79 Å². The van der Waals surface area contributed by atoms with E-state index in [1.165, 1.54) is 6.07 Å². The molecule has 140 valence electrons. The maximum atomic E-state index is 12.0. The van der Waals surface area contributed by atoms with Gasteiger partial charge in [0.1, 0.15) is 0 Å². The topological polar surface area (TPSA) is 84.5 Å². The fourth-order valence-corrected chi connectivity index (χ4v) is 2.68. The zero-order valence-electron chi connectivity index (χ0n) is 14.1. The number of nitrogens with one attached hydrogen (secondary N) is 2. The summed E-state index contributed by atoms with van der Waals surface area (Å²) in [4.78, 5) is 36.1. The van der Waals surface area contributed by atoms with Crippen molar-refractivity contribution in [3.63, 3.8) is 0 Å². The standard InChI is InChI=1S/C19H16Cl2N2O4/c20-15-6-2-5-14(17(15)21)19(26)27-10-16(24)22-13-4-1-3-11(9-13)18(25)23-12-7-8-12/h1-6,9,12H,7-8,10H2,(H,22,24)(H,23,25). The molecule has 1 aliphatic rings. The molecule has 2 aromatic carbocycles. The number of halogens is 2. The lowest BCUT2D eigenvalue weighted by Gasteiger charge is -2.09. The molecule has 0 aromatic heterocycles. The van der Waals surface area contributed by atoms with Gasteiger partial charge in [0.15, 0.2) is 6.61 Å². The normalized spacial score (nSPS) is 13.0. The molecule has 2 aromatic rings. The molecule has 1 saturated carbocycles. The van der Waals surface area contributed by atoms with Gasteiger partial charge in [-0.1, -0.05) is 35.3 Å². The van der Waals surface area contributed by atoms with Crippen LogP contribution in [0.25, 0.3) is 0 Å². The van der Waals surface area contributed by atoms with E-state index in [0.29, 0.717) is 11.3 Å². The number of amides is 2. The number of carbonyl (C=O) groups excluding carboxylic acids is 3. The van der Waals surface area contributed by atoms with Crippen molar-refractivity contribution in [2.45, 2.75) is 18.9 Å². The molecule has 8 heteroatoms. The van der Waals surface area contributed by atoms with E-state index >= 15 is 0 Å². The number of hydrogen-bond acceptors (Lipinski definition) is 4. The number of carbonyl (C=O) groups is 3. The van der Waals surface area contributed by atoms with Crippen molar-refractivity contribution in [2.24, 2.45) is 0 Å². The minimum atomic E-state index is -0.754. The van der Waals surface area contributed by atoms with Gasteiger partial charge in [0.05, 0.1) is 15.6 Å². The molecule has 1 fully saturated rings. The molecule has 0 aliphatic heterocycles. The van der Waals surface area contributed by atoms with Crippen molar-refractivity contribution >= 4 is 46.7 Å². The fourth-order valence-electron chi connectivity index (χ4n) is 2.30. The summed E-state index contributed by atoms with van der Waals surface area (Å²) in [6.07, 6.45) is 1.98. The monoisotopic (exact) mass is 406 g/mol. The van der Waals surface area contributed by atoms with Gasteiger partial charge >= 0.3 is 5.97 Å². The Labute approximate surface area is 165 Å². The second kappa shape index (κ2) is 8.41. The summed E-state index contributed by atoms with van der Waals surface area (Å²) in [5, 5.41) is 5.75. The van der Waals surface area contributed by atoms with E-state index in [4.69, 9.17) is 27.9 Å². The Morgan fingerprint density at radius 1 is 1.07 bits per heavy atom. The van der Waals surface area contributed by atoms with Crippen LogP contribution in [0.4, 0.5) is 5.69 Å². The molecule has 0 saturated heterocycles. The number of hydrogen-bond donors (Lipinski definition) is 2. The summed E-state index contributed by atoms with van der Waals surface area (Å²) in [6, 6.07) is 11.3. The van der Waals surface area contributed by atoms with E-state index < -0.39 is 18.5 Å². The first-order valence-corrected chi connectivity index (χ1v) is 9.01. The van der Waals surface area contributed by atoms with Crippen LogP contribution in [0.1, 0.15) is 33.6 Å². The lowest BCUT2D eigenvalue weighted by Crippen LogP contribution is -2.25. The fraction of sp³-hybridized carbons (Fsp3) is 0.211. The van der Waals surface area contributed by atoms with Crippen LogP contribution in [-0.2, 0) is 9.53 Å². The van der Waals surface area contributed by atoms with Gasteiger partial charge in [-0.15, -0.1) is 0 Å². The molecule has 0 bridgehead atoms. The molecule has 0 atom stereocenters. The summed E-state index contributed by atoms with van der Waals surface area (Å²) in [5.41, 5.74) is 0.957. The number of rotatable bonds is 6. The number of esters is 1. The van der Waals surface area contributed by atoms with Gasteiger partial charge < -0.3 is 15.4 Å². The van der Waals surface area contributed by atoms with Crippen molar-refractivity contribution in [2.75, 3.05) is 11.9 Å². The average molecular weight is 407 g/mol. The van der Waals surface area contributed by atoms with Gasteiger partial charge in [0, 0.05) is 17.3 Å². The molecule has 1 aliphatic carbocycles. The Morgan fingerprint density at radius 3 is 2.56 bits per heavy atom. The highest BCUT2D eigenvalue weighted by atomic mass is 35.5. The summed E-state index contributed by atoms with van der Waals surface area (Å²) in [6.45, 7) is -0.500. The quantitative estimate of drug-likeness (QED) is 0.716. The minimum Gasteiger partial charge on any atom is -0.452 e. The van der Waals surface area contributed by atoms with Crippen LogP contribution in [0.2, 0.25) is 10.0 Å². The lowest BCUT2D eigenvalue weighted by molar-refractivity contribution is -0.119. The van der Waals surface area contributed by atoms with E-state index in [2.05, 4.69) is 10.6 Å². The third-order valence-electron chi connectivity index (χ3n) is 3.83. The minimum absolute atomic E-state index is 0.0685. The highest BCUT2D eigenvalue weighted by molar-refractivity contribution is 6.43. The first-order valence-electron chi connectivity index (χ1n) is 8.26. The Hall–Kier alpha value is -2.57. The Morgan fingerprint density at radius 2 is 1.81 bits per heavy atom. The molecular formula is C19H16Cl2N2O4. The van der Waals surface area contributed by atoms with E-state index in [0.717, 1.165) is 12.8 Å². The highest BCUT2D eigenvalue weighted by Gasteiger charge is 2.24. The van der Waals surface area contributed by atoms with Gasteiger partial charge in [0.2, 0.25) is 0 Å². The smallest absolute Gasteiger partial charge is 0.340 e. The SMILES string of the molecule is O=C(COC(=O)c1cccc(Cl)c1Cl)Nc1cccc(C(=O)NC2CC2)c1. The van der Waals surface area contributed by atoms with E-state index in [1.54, 1.807) is 36.4 Å². The number of ether oxygens (including phenoxy) is 1. The maximum Gasteiger partial charge on any atom is 0.340 e. The van der Waals surface area contributed by atoms with Crippen molar-refractivity contribution in [1.29, 1.82) is 0 Å². The first-order chi connectivity index (χ1) is 12.9. The van der Waals surface area contributed by atoms with Gasteiger partial charge in [-0.3, -0.25) is 9.59 Å². The largest absolute Gasteiger partial charge is 0.452 e. The van der Waals surface area contributed by atoms with E-state index in [1.807, 2.05) is 0 Å². The van der Waals surface area contributed by atoms with Gasteiger partial charge in [0.25, 0.3) is 11.8 Å². The molecule has 27 heavy (non-hydrogen) atoms. The summed E-state index contributed by atoms with van der Waals surface area (Å²) < 4.78 is 4.96. The van der Waals surface area contributed by atoms with E-state index in [9.17, 15) is 14.4 Å². The summed E-state index contributed by atoms with van der Waals surface area (Å²) >= 11 is 11.8. The second-order valence-corrected chi connectivity index (χ2v) is 6.84. The number of benzene rings is 2. The zero-order valence-corrected chi connectivity index (χ0v) is 15.6. The molecule has 6 nitrogen and oxygen atoms in total. The molecule has 0 spiro atoms. The molecule has 0 radical (unpaired) electrons. The highest BCUT2D eigenvalue weighted by Crippen LogP contribution is 2.26. The van der Waals surface area contributed by atoms with Crippen LogP contribution in [0, 0.1) is 0 Å². The predicted octanol–water partition coefficient (Wildman–Crippen LogP) is 3.68. The molecule has 2 amide bonds. The van der Waals surface area contributed by atoms with Crippen LogP contribution in [-0.4, -0.2) is 30.4 Å². The van der Waals surface area contributed by atoms with Crippen molar-refractivity contribution in [3.05, 3.63) is 63.6 Å². The molecule has 2 N–H and O–H groups in total. The van der Waals surface area contributed by atoms with E-state index in [-0.39, 0.29) is 27.6 Å². The molecular weight excluding hydrogens is 391 g/mol. The van der Waals surface area contributed by atoms with Gasteiger partial charge in [-0.05, 0) is 43.2 Å². The Bertz CT molecular complexity index is 897. The zero-order chi connectivity index (χ0) is 19.4. The van der Waals surface area contributed by atoms with Gasteiger partial charge in [-0.2, -0.15) is 0 Å². The van der Waals surface area contributed by atoms with Crippen LogP contribution in [0.3, 0.4) is 0 Å². The Kier molecular flexibility index (Phi) is 5.98. The Balaban J connectivity index is 1.55. The first kappa shape index (κ1) is 19.2. The van der Waals surface area contributed by atoms with Crippen LogP contribution >= 0.6 is 23.2 Å². The summed E-state index contributed by atoms with van der Waals surface area (Å²) in [7, 11) is 0. The second-order valence-electron chi connectivity index (χ2n) is 6.05. The lowest BCUT2D eigenvalue weighted by atomic mass is 10.2. The maximum absolute atomic E-state index is 12.0. The van der Waals surface area contributed by atoms with Crippen LogP contribution < -0.4 is 10.6 Å². The third kappa shape index (κ3) is 5.21. The summed E-state index contributed by atoms with van der Waals surface area (Å²) in [5.74, 6) is -1.48. The van der Waals surface area contributed by atoms with Crippen molar-refractivity contribution in [3.8, 4) is 0 Å². The van der Waals surface area contributed by atoms with Crippen molar-refractivity contribution < 1.29 is 19.1 Å². The molecule has 3 rings (SSSR count). The van der Waals surface area contributed by atoms with Crippen LogP contribution in [0.15, 0.2) is 42.5 Å². The number of anilines is 1. The third-order valence-corrected chi connectivity index (χ3v) is 4.65. The van der Waals surface area contributed by atoms with Crippen molar-refractivity contribution in [1.82, 2.24) is 5.32 Å². The van der Waals surface area contributed by atoms with Crippen LogP contribution in [0.5, 0.6) is 0 Å². The average Bonchev–Trinajstić information content (AvgIpc) is 3.46. The molecule has 0 heterocycles. The molecule has 0 unspecified atom stereocenters.